The summed E-state index contributed by atoms with van der Waals surface area (Å²) in [6, 6.07) is 1.70. The molecule has 1 aliphatic heterocycles. The predicted molar refractivity (Wildman–Crippen MR) is 83.1 cm³/mol. The normalized spacial score (nSPS) is 16.1. The highest BCUT2D eigenvalue weighted by Crippen LogP contribution is 2.25. The molecule has 112 valence electrons. The number of carbonyl (C=O) groups is 1. The Morgan fingerprint density at radius 3 is 2.95 bits per heavy atom. The first-order valence-electron chi connectivity index (χ1n) is 6.81. The fraction of sp³-hybridized carbons (Fsp3) is 0.462. The van der Waals surface area contributed by atoms with Gasteiger partial charge >= 0.3 is 0 Å². The zero-order valence-corrected chi connectivity index (χ0v) is 13.2. The van der Waals surface area contributed by atoms with Gasteiger partial charge in [-0.2, -0.15) is 10.1 Å². The summed E-state index contributed by atoms with van der Waals surface area (Å²) < 4.78 is 2.09. The van der Waals surface area contributed by atoms with E-state index in [0.29, 0.717) is 21.8 Å². The fourth-order valence-corrected chi connectivity index (χ4v) is 3.31. The maximum absolute atomic E-state index is 12.2. The number of piperidine rings is 1. The molecule has 2 N–H and O–H groups in total. The van der Waals surface area contributed by atoms with Crippen LogP contribution in [0.2, 0.25) is 4.34 Å². The molecular formula is C13H16ClN5OS. The third-order valence-electron chi connectivity index (χ3n) is 3.57. The lowest BCUT2D eigenvalue weighted by atomic mass is 9.98. The molecule has 1 fully saturated rings. The van der Waals surface area contributed by atoms with Crippen molar-refractivity contribution in [2.75, 3.05) is 18.4 Å². The first-order chi connectivity index (χ1) is 10.1. The van der Waals surface area contributed by atoms with Gasteiger partial charge in [0.1, 0.15) is 4.34 Å². The van der Waals surface area contributed by atoms with Gasteiger partial charge in [-0.15, -0.1) is 11.3 Å². The average molecular weight is 326 g/mol. The summed E-state index contributed by atoms with van der Waals surface area (Å²) in [5.74, 6) is 1.35. The van der Waals surface area contributed by atoms with Crippen LogP contribution in [0, 0.1) is 0 Å². The van der Waals surface area contributed by atoms with Gasteiger partial charge < -0.3 is 5.32 Å². The molecule has 0 aliphatic carbocycles. The second-order valence-electron chi connectivity index (χ2n) is 5.00. The molecular weight excluding hydrogens is 310 g/mol. The van der Waals surface area contributed by atoms with Gasteiger partial charge in [0.05, 0.1) is 5.56 Å². The number of halogens is 1. The molecule has 3 rings (SSSR count). The van der Waals surface area contributed by atoms with E-state index in [2.05, 4.69) is 20.7 Å². The van der Waals surface area contributed by atoms with Crippen molar-refractivity contribution in [2.24, 2.45) is 7.05 Å². The van der Waals surface area contributed by atoms with Crippen LogP contribution in [0.4, 0.5) is 5.95 Å². The van der Waals surface area contributed by atoms with Gasteiger partial charge in [0.25, 0.3) is 5.91 Å². The van der Waals surface area contributed by atoms with Crippen LogP contribution in [0.15, 0.2) is 11.4 Å². The maximum atomic E-state index is 12.2. The Labute approximate surface area is 131 Å². The minimum absolute atomic E-state index is 0.256. The van der Waals surface area contributed by atoms with E-state index in [1.54, 1.807) is 23.2 Å². The van der Waals surface area contributed by atoms with Gasteiger partial charge in [-0.1, -0.05) is 11.6 Å². The third-order valence-corrected chi connectivity index (χ3v) is 4.74. The van der Waals surface area contributed by atoms with Crippen molar-refractivity contribution in [3.63, 3.8) is 0 Å². The number of hydrogen-bond donors (Lipinski definition) is 2. The number of amides is 1. The summed E-state index contributed by atoms with van der Waals surface area (Å²) in [5, 5.41) is 12.3. The summed E-state index contributed by atoms with van der Waals surface area (Å²) in [4.78, 5) is 16.6. The molecule has 0 saturated carbocycles. The van der Waals surface area contributed by atoms with E-state index in [-0.39, 0.29) is 5.91 Å². The molecule has 1 aliphatic rings. The number of nitrogens with zero attached hydrogens (tertiary/aromatic N) is 3. The van der Waals surface area contributed by atoms with E-state index in [1.807, 2.05) is 0 Å². The maximum Gasteiger partial charge on any atom is 0.260 e. The number of hydrogen-bond acceptors (Lipinski definition) is 5. The molecule has 0 bridgehead atoms. The van der Waals surface area contributed by atoms with E-state index in [0.717, 1.165) is 31.8 Å². The van der Waals surface area contributed by atoms with Crippen LogP contribution in [0.1, 0.15) is 34.9 Å². The summed E-state index contributed by atoms with van der Waals surface area (Å²) in [6.45, 7) is 1.96. The first-order valence-corrected chi connectivity index (χ1v) is 8.07. The zero-order chi connectivity index (χ0) is 14.8. The molecule has 0 spiro atoms. The van der Waals surface area contributed by atoms with Crippen LogP contribution >= 0.6 is 22.9 Å². The molecule has 8 heteroatoms. The quantitative estimate of drug-likeness (QED) is 0.908. The lowest BCUT2D eigenvalue weighted by molar-refractivity contribution is 0.102. The van der Waals surface area contributed by atoms with Gasteiger partial charge in [0, 0.05) is 13.0 Å². The van der Waals surface area contributed by atoms with E-state index >= 15 is 0 Å². The summed E-state index contributed by atoms with van der Waals surface area (Å²) >= 11 is 7.31. The van der Waals surface area contributed by atoms with E-state index in [4.69, 9.17) is 11.6 Å². The Balaban J connectivity index is 1.75. The third kappa shape index (κ3) is 3.09. The Morgan fingerprint density at radius 2 is 2.29 bits per heavy atom. The largest absolute Gasteiger partial charge is 0.317 e. The highest BCUT2D eigenvalue weighted by Gasteiger charge is 2.22. The molecule has 2 aromatic rings. The Bertz CT molecular complexity index is 647. The minimum atomic E-state index is -0.256. The van der Waals surface area contributed by atoms with E-state index in [9.17, 15) is 4.79 Å². The lowest BCUT2D eigenvalue weighted by Crippen LogP contribution is -2.27. The van der Waals surface area contributed by atoms with Crippen molar-refractivity contribution >= 4 is 34.8 Å². The number of nitrogens with one attached hydrogen (secondary N) is 2. The van der Waals surface area contributed by atoms with Crippen molar-refractivity contribution in [1.82, 2.24) is 20.1 Å². The van der Waals surface area contributed by atoms with Gasteiger partial charge in [-0.25, -0.2) is 4.68 Å². The standard InChI is InChI=1S/C13H16ClN5OS/c1-19-13(17-12(20)9-4-7-21-10(9)14)16-11(18-19)8-2-5-15-6-3-8/h4,7-8,15H,2-3,5-6H2,1H3,(H,16,17,18,20). The molecule has 0 unspecified atom stereocenters. The summed E-state index contributed by atoms with van der Waals surface area (Å²) in [7, 11) is 1.78. The topological polar surface area (TPSA) is 71.8 Å². The van der Waals surface area contributed by atoms with Crippen LogP contribution < -0.4 is 10.6 Å². The molecule has 0 aromatic carbocycles. The number of aryl methyl sites for hydroxylation is 1. The lowest BCUT2D eigenvalue weighted by Gasteiger charge is -2.19. The molecule has 1 amide bonds. The van der Waals surface area contributed by atoms with Gasteiger partial charge in [-0.05, 0) is 37.4 Å². The SMILES string of the molecule is Cn1nc(C2CCNCC2)nc1NC(=O)c1ccsc1Cl. The zero-order valence-electron chi connectivity index (χ0n) is 11.6. The van der Waals surface area contributed by atoms with Crippen LogP contribution in [-0.4, -0.2) is 33.8 Å². The number of anilines is 1. The number of aromatic nitrogens is 3. The molecule has 2 aromatic heterocycles. The number of rotatable bonds is 3. The summed E-state index contributed by atoms with van der Waals surface area (Å²) in [5.41, 5.74) is 0.466. The van der Waals surface area contributed by atoms with Crippen LogP contribution in [-0.2, 0) is 7.05 Å². The Kier molecular flexibility index (Phi) is 4.23. The van der Waals surface area contributed by atoms with Crippen molar-refractivity contribution in [1.29, 1.82) is 0 Å². The van der Waals surface area contributed by atoms with Crippen molar-refractivity contribution in [2.45, 2.75) is 18.8 Å². The molecule has 6 nitrogen and oxygen atoms in total. The van der Waals surface area contributed by atoms with Gasteiger partial charge in [0.15, 0.2) is 5.82 Å². The van der Waals surface area contributed by atoms with Gasteiger partial charge in [0.2, 0.25) is 5.95 Å². The number of thiophene rings is 1. The van der Waals surface area contributed by atoms with Crippen LogP contribution in [0.3, 0.4) is 0 Å². The molecule has 0 atom stereocenters. The van der Waals surface area contributed by atoms with Crippen molar-refractivity contribution in [3.05, 3.63) is 27.2 Å². The first kappa shape index (κ1) is 14.5. The Hall–Kier alpha value is -1.44. The minimum Gasteiger partial charge on any atom is -0.317 e. The van der Waals surface area contributed by atoms with Gasteiger partial charge in [-0.3, -0.25) is 10.1 Å². The van der Waals surface area contributed by atoms with Crippen LogP contribution in [0.5, 0.6) is 0 Å². The monoisotopic (exact) mass is 325 g/mol. The molecule has 1 saturated heterocycles. The second-order valence-corrected chi connectivity index (χ2v) is 6.52. The van der Waals surface area contributed by atoms with Crippen molar-refractivity contribution in [3.8, 4) is 0 Å². The molecule has 21 heavy (non-hydrogen) atoms. The van der Waals surface area contributed by atoms with Crippen molar-refractivity contribution < 1.29 is 4.79 Å². The summed E-state index contributed by atoms with van der Waals surface area (Å²) in [6.07, 6.45) is 2.04. The smallest absolute Gasteiger partial charge is 0.260 e. The van der Waals surface area contributed by atoms with E-state index in [1.165, 1.54) is 11.3 Å². The van der Waals surface area contributed by atoms with Crippen LogP contribution in [0.25, 0.3) is 0 Å². The highest BCUT2D eigenvalue weighted by atomic mass is 35.5. The Morgan fingerprint density at radius 1 is 1.52 bits per heavy atom. The van der Waals surface area contributed by atoms with E-state index < -0.39 is 0 Å². The number of carbonyl (C=O) groups excluding carboxylic acids is 1. The molecule has 0 radical (unpaired) electrons. The molecule has 3 heterocycles. The predicted octanol–water partition coefficient (Wildman–Crippen LogP) is 2.25. The highest BCUT2D eigenvalue weighted by molar-refractivity contribution is 7.14. The second kappa shape index (κ2) is 6.13. The fourth-order valence-electron chi connectivity index (χ4n) is 2.39. The average Bonchev–Trinajstić information content (AvgIpc) is 3.07.